The molecule has 0 aliphatic rings. The van der Waals surface area contributed by atoms with Gasteiger partial charge in [0.1, 0.15) is 5.82 Å². The largest absolute Gasteiger partial charge is 0.481 e. The molecule has 0 saturated heterocycles. The summed E-state index contributed by atoms with van der Waals surface area (Å²) >= 11 is 0. The first kappa shape index (κ1) is 16.5. The standard InChI is InChI=1S/C15H19N5O3/c1-11-16-7-9-20(11)8-3-6-17-14(21)15(22)19-12-4-5-13(23-2)18-10-12/h4-5,7,9-10H,3,6,8H2,1-2H3,(H,17,21)(H,19,22). The van der Waals surface area contributed by atoms with Crippen molar-refractivity contribution in [3.8, 4) is 5.88 Å². The molecule has 2 aromatic heterocycles. The number of methoxy groups -OCH3 is 1. The molecule has 122 valence electrons. The van der Waals surface area contributed by atoms with Crippen molar-refractivity contribution in [2.24, 2.45) is 0 Å². The quantitative estimate of drug-likeness (QED) is 0.605. The molecule has 8 nitrogen and oxygen atoms in total. The van der Waals surface area contributed by atoms with Crippen molar-refractivity contribution >= 4 is 17.5 Å². The summed E-state index contributed by atoms with van der Waals surface area (Å²) in [6.45, 7) is 3.05. The molecular formula is C15H19N5O3. The van der Waals surface area contributed by atoms with E-state index in [0.717, 1.165) is 12.4 Å². The number of ether oxygens (including phenoxy) is 1. The topological polar surface area (TPSA) is 98.1 Å². The van der Waals surface area contributed by atoms with E-state index in [9.17, 15) is 9.59 Å². The van der Waals surface area contributed by atoms with Gasteiger partial charge >= 0.3 is 11.8 Å². The van der Waals surface area contributed by atoms with Crippen molar-refractivity contribution in [2.45, 2.75) is 19.9 Å². The number of carbonyl (C=O) groups excluding carboxylic acids is 2. The molecule has 0 spiro atoms. The Hall–Kier alpha value is -2.90. The molecule has 2 rings (SSSR count). The van der Waals surface area contributed by atoms with Crippen molar-refractivity contribution < 1.29 is 14.3 Å². The number of nitrogens with zero attached hydrogens (tertiary/aromatic N) is 3. The summed E-state index contributed by atoms with van der Waals surface area (Å²) in [5.41, 5.74) is 0.431. The van der Waals surface area contributed by atoms with E-state index >= 15 is 0 Å². The number of pyridine rings is 1. The lowest BCUT2D eigenvalue weighted by Crippen LogP contribution is -2.36. The highest BCUT2D eigenvalue weighted by molar-refractivity contribution is 6.39. The van der Waals surface area contributed by atoms with Crippen molar-refractivity contribution in [3.05, 3.63) is 36.5 Å². The molecule has 0 unspecified atom stereocenters. The van der Waals surface area contributed by atoms with Crippen LogP contribution >= 0.6 is 0 Å². The zero-order valence-corrected chi connectivity index (χ0v) is 13.1. The van der Waals surface area contributed by atoms with Gasteiger partial charge in [0.15, 0.2) is 0 Å². The molecule has 8 heteroatoms. The molecule has 0 atom stereocenters. The smallest absolute Gasteiger partial charge is 0.313 e. The fourth-order valence-corrected chi connectivity index (χ4v) is 1.93. The number of aromatic nitrogens is 3. The van der Waals surface area contributed by atoms with E-state index in [2.05, 4.69) is 20.6 Å². The van der Waals surface area contributed by atoms with Crippen LogP contribution in [0.2, 0.25) is 0 Å². The van der Waals surface area contributed by atoms with Gasteiger partial charge in [-0.05, 0) is 19.4 Å². The van der Waals surface area contributed by atoms with E-state index in [1.165, 1.54) is 13.3 Å². The predicted octanol–water partition coefficient (Wildman–Crippen LogP) is 0.740. The molecule has 0 radical (unpaired) electrons. The number of anilines is 1. The maximum atomic E-state index is 11.7. The molecule has 2 heterocycles. The fourth-order valence-electron chi connectivity index (χ4n) is 1.93. The maximum absolute atomic E-state index is 11.7. The summed E-state index contributed by atoms with van der Waals surface area (Å²) in [5.74, 6) is -0.0535. The molecule has 2 N–H and O–H groups in total. The van der Waals surface area contributed by atoms with E-state index in [-0.39, 0.29) is 0 Å². The van der Waals surface area contributed by atoms with Crippen LogP contribution in [0, 0.1) is 6.92 Å². The van der Waals surface area contributed by atoms with Gasteiger partial charge in [-0.25, -0.2) is 9.97 Å². The van der Waals surface area contributed by atoms with Crippen LogP contribution in [0.25, 0.3) is 0 Å². The third-order valence-corrected chi connectivity index (χ3v) is 3.19. The molecule has 23 heavy (non-hydrogen) atoms. The Kier molecular flexibility index (Phi) is 5.67. The van der Waals surface area contributed by atoms with Crippen LogP contribution in [0.5, 0.6) is 5.88 Å². The Morgan fingerprint density at radius 1 is 1.26 bits per heavy atom. The number of amides is 2. The van der Waals surface area contributed by atoms with Crippen molar-refractivity contribution in [3.63, 3.8) is 0 Å². The van der Waals surface area contributed by atoms with Gasteiger partial charge in [-0.1, -0.05) is 0 Å². The van der Waals surface area contributed by atoms with Crippen LogP contribution in [0.4, 0.5) is 5.69 Å². The van der Waals surface area contributed by atoms with E-state index < -0.39 is 11.8 Å². The van der Waals surface area contributed by atoms with E-state index in [4.69, 9.17) is 4.74 Å². The Labute approximate surface area is 133 Å². The van der Waals surface area contributed by atoms with Gasteiger partial charge < -0.3 is 19.9 Å². The van der Waals surface area contributed by atoms with Gasteiger partial charge in [-0.2, -0.15) is 0 Å². The Morgan fingerprint density at radius 3 is 2.70 bits per heavy atom. The molecule has 2 amide bonds. The zero-order valence-electron chi connectivity index (χ0n) is 13.1. The van der Waals surface area contributed by atoms with Gasteiger partial charge in [0.2, 0.25) is 5.88 Å². The second-order valence-corrected chi connectivity index (χ2v) is 4.82. The molecule has 0 bridgehead atoms. The summed E-state index contributed by atoms with van der Waals surface area (Å²) < 4.78 is 6.90. The lowest BCUT2D eigenvalue weighted by atomic mass is 10.3. The van der Waals surface area contributed by atoms with Gasteiger partial charge in [0.05, 0.1) is 19.0 Å². The summed E-state index contributed by atoms with van der Waals surface area (Å²) in [4.78, 5) is 31.5. The number of rotatable bonds is 6. The van der Waals surface area contributed by atoms with Crippen molar-refractivity contribution in [2.75, 3.05) is 19.0 Å². The molecule has 2 aromatic rings. The number of hydrogen-bond acceptors (Lipinski definition) is 5. The first-order chi connectivity index (χ1) is 11.1. The monoisotopic (exact) mass is 317 g/mol. The highest BCUT2D eigenvalue weighted by atomic mass is 16.5. The molecule has 0 fully saturated rings. The number of nitrogens with one attached hydrogen (secondary N) is 2. The SMILES string of the molecule is COc1ccc(NC(=O)C(=O)NCCCn2ccnc2C)cn1. The number of carbonyl (C=O) groups is 2. The predicted molar refractivity (Wildman–Crippen MR) is 84.0 cm³/mol. The Balaban J connectivity index is 1.72. The van der Waals surface area contributed by atoms with E-state index in [0.29, 0.717) is 24.5 Å². The van der Waals surface area contributed by atoms with Crippen molar-refractivity contribution in [1.82, 2.24) is 19.9 Å². The van der Waals surface area contributed by atoms with Crippen LogP contribution in [0.1, 0.15) is 12.2 Å². The maximum Gasteiger partial charge on any atom is 0.313 e. The lowest BCUT2D eigenvalue weighted by Gasteiger charge is -2.08. The first-order valence-corrected chi connectivity index (χ1v) is 7.17. The average Bonchev–Trinajstić information content (AvgIpc) is 2.97. The Morgan fingerprint density at radius 2 is 2.09 bits per heavy atom. The zero-order chi connectivity index (χ0) is 16.7. The van der Waals surface area contributed by atoms with Gasteiger partial charge in [0, 0.05) is 31.5 Å². The van der Waals surface area contributed by atoms with Crippen LogP contribution in [0.3, 0.4) is 0 Å². The fraction of sp³-hybridized carbons (Fsp3) is 0.333. The summed E-state index contributed by atoms with van der Waals surface area (Å²) in [7, 11) is 1.50. The minimum Gasteiger partial charge on any atom is -0.481 e. The van der Waals surface area contributed by atoms with Crippen LogP contribution in [0.15, 0.2) is 30.7 Å². The third-order valence-electron chi connectivity index (χ3n) is 3.19. The Bertz CT molecular complexity index is 666. The minimum atomic E-state index is -0.726. The van der Waals surface area contributed by atoms with E-state index in [1.807, 2.05) is 17.7 Å². The number of hydrogen-bond donors (Lipinski definition) is 2. The summed E-state index contributed by atoms with van der Waals surface area (Å²) in [5, 5.41) is 5.05. The summed E-state index contributed by atoms with van der Waals surface area (Å²) in [6.07, 6.45) is 5.73. The average molecular weight is 317 g/mol. The molecule has 0 aliphatic heterocycles. The number of aryl methyl sites for hydroxylation is 2. The molecular weight excluding hydrogens is 298 g/mol. The number of imidazole rings is 1. The highest BCUT2D eigenvalue weighted by Crippen LogP contribution is 2.10. The normalized spacial score (nSPS) is 10.2. The second-order valence-electron chi connectivity index (χ2n) is 4.82. The lowest BCUT2D eigenvalue weighted by molar-refractivity contribution is -0.136. The first-order valence-electron chi connectivity index (χ1n) is 7.17. The van der Waals surface area contributed by atoms with Gasteiger partial charge in [-0.15, -0.1) is 0 Å². The van der Waals surface area contributed by atoms with Crippen LogP contribution < -0.4 is 15.4 Å². The highest BCUT2D eigenvalue weighted by Gasteiger charge is 2.13. The van der Waals surface area contributed by atoms with Crippen LogP contribution in [-0.2, 0) is 16.1 Å². The van der Waals surface area contributed by atoms with E-state index in [1.54, 1.807) is 18.3 Å². The van der Waals surface area contributed by atoms with Crippen molar-refractivity contribution in [1.29, 1.82) is 0 Å². The second kappa shape index (κ2) is 7.92. The summed E-state index contributed by atoms with van der Waals surface area (Å²) in [6, 6.07) is 3.21. The van der Waals surface area contributed by atoms with Crippen LogP contribution in [-0.4, -0.2) is 40.0 Å². The minimum absolute atomic E-state index is 0.407. The molecule has 0 aliphatic carbocycles. The van der Waals surface area contributed by atoms with Gasteiger partial charge in [-0.3, -0.25) is 9.59 Å². The molecule has 0 aromatic carbocycles. The molecule has 0 saturated carbocycles. The van der Waals surface area contributed by atoms with Gasteiger partial charge in [0.25, 0.3) is 0 Å². The third kappa shape index (κ3) is 4.80.